The number of oxazole rings is 1. The third-order valence-electron chi connectivity index (χ3n) is 3.35. The van der Waals surface area contributed by atoms with Gasteiger partial charge in [-0.05, 0) is 26.8 Å². The number of nitrogens with one attached hydrogen (secondary N) is 1. The quantitative estimate of drug-likeness (QED) is 0.829. The van der Waals surface area contributed by atoms with Crippen molar-refractivity contribution < 1.29 is 4.42 Å². The van der Waals surface area contributed by atoms with Gasteiger partial charge in [0.2, 0.25) is 5.89 Å². The summed E-state index contributed by atoms with van der Waals surface area (Å²) in [5.41, 5.74) is 0. The van der Waals surface area contributed by atoms with E-state index < -0.39 is 0 Å². The molecular weight excluding hydrogens is 188 g/mol. The summed E-state index contributed by atoms with van der Waals surface area (Å²) < 4.78 is 5.80. The molecule has 0 aliphatic heterocycles. The highest BCUT2D eigenvalue weighted by Gasteiger charge is 2.20. The lowest BCUT2D eigenvalue weighted by atomic mass is 9.88. The monoisotopic (exact) mass is 208 g/mol. The van der Waals surface area contributed by atoms with E-state index in [9.17, 15) is 0 Å². The van der Waals surface area contributed by atoms with E-state index in [4.69, 9.17) is 4.42 Å². The second-order valence-electron chi connectivity index (χ2n) is 4.45. The van der Waals surface area contributed by atoms with Crippen molar-refractivity contribution in [3.05, 3.63) is 17.8 Å². The van der Waals surface area contributed by atoms with Gasteiger partial charge in [-0.25, -0.2) is 4.98 Å². The number of hydrogen-bond acceptors (Lipinski definition) is 3. The summed E-state index contributed by atoms with van der Waals surface area (Å²) in [7, 11) is 1.93. The van der Waals surface area contributed by atoms with Crippen LogP contribution in [0.15, 0.2) is 10.6 Å². The van der Waals surface area contributed by atoms with E-state index in [1.54, 1.807) is 0 Å². The number of aromatic nitrogens is 1. The van der Waals surface area contributed by atoms with E-state index in [2.05, 4.69) is 17.2 Å². The molecule has 0 aromatic carbocycles. The molecular formula is C12H20N2O. The molecule has 0 bridgehead atoms. The molecule has 84 valence electrons. The minimum Gasteiger partial charge on any atom is -0.444 e. The van der Waals surface area contributed by atoms with Gasteiger partial charge in [0.15, 0.2) is 0 Å². The van der Waals surface area contributed by atoms with Gasteiger partial charge in [-0.3, -0.25) is 0 Å². The summed E-state index contributed by atoms with van der Waals surface area (Å²) >= 11 is 0. The molecule has 1 fully saturated rings. The van der Waals surface area contributed by atoms with E-state index in [0.717, 1.165) is 11.7 Å². The Balaban J connectivity index is 2.05. The van der Waals surface area contributed by atoms with Crippen molar-refractivity contribution >= 4 is 0 Å². The predicted octanol–water partition coefficient (Wildman–Crippen LogP) is 3.00. The maximum Gasteiger partial charge on any atom is 0.211 e. The number of rotatable bonds is 3. The molecule has 3 heteroatoms. The molecule has 1 aliphatic rings. The first-order chi connectivity index (χ1) is 7.31. The molecule has 1 aromatic rings. The van der Waals surface area contributed by atoms with Gasteiger partial charge in [-0.15, -0.1) is 0 Å². The molecule has 0 amide bonds. The van der Waals surface area contributed by atoms with Crippen molar-refractivity contribution in [2.75, 3.05) is 7.05 Å². The lowest BCUT2D eigenvalue weighted by molar-refractivity contribution is 0.344. The summed E-state index contributed by atoms with van der Waals surface area (Å²) in [5, 5.41) is 3.14. The minimum atomic E-state index is 0.211. The molecule has 0 radical (unpaired) electrons. The molecule has 0 saturated heterocycles. The molecule has 1 unspecified atom stereocenters. The van der Waals surface area contributed by atoms with Crippen LogP contribution in [-0.4, -0.2) is 12.0 Å². The van der Waals surface area contributed by atoms with Gasteiger partial charge >= 0.3 is 0 Å². The van der Waals surface area contributed by atoms with Crippen LogP contribution in [0.1, 0.15) is 62.6 Å². The third-order valence-corrected chi connectivity index (χ3v) is 3.35. The van der Waals surface area contributed by atoms with Gasteiger partial charge in [-0.1, -0.05) is 19.3 Å². The Morgan fingerprint density at radius 2 is 2.13 bits per heavy atom. The summed E-state index contributed by atoms with van der Waals surface area (Å²) in [6.07, 6.45) is 8.50. The van der Waals surface area contributed by atoms with Crippen molar-refractivity contribution in [3.8, 4) is 0 Å². The molecule has 0 spiro atoms. The minimum absolute atomic E-state index is 0.211. The molecule has 1 aliphatic carbocycles. The van der Waals surface area contributed by atoms with E-state index in [0.29, 0.717) is 5.92 Å². The van der Waals surface area contributed by atoms with Gasteiger partial charge < -0.3 is 9.73 Å². The fourth-order valence-corrected chi connectivity index (χ4v) is 2.20. The summed E-state index contributed by atoms with van der Waals surface area (Å²) in [4.78, 5) is 4.33. The maximum atomic E-state index is 5.80. The topological polar surface area (TPSA) is 38.1 Å². The zero-order valence-electron chi connectivity index (χ0n) is 9.62. The van der Waals surface area contributed by atoms with Crippen LogP contribution in [0.25, 0.3) is 0 Å². The molecule has 1 aromatic heterocycles. The number of hydrogen-bond donors (Lipinski definition) is 1. The summed E-state index contributed by atoms with van der Waals surface area (Å²) in [6, 6.07) is 0.211. The highest BCUT2D eigenvalue weighted by molar-refractivity contribution is 5.04. The standard InChI is InChI=1S/C12H20N2O/c1-9(13-2)12-14-8-11(15-12)10-6-4-3-5-7-10/h8-10,13H,3-7H2,1-2H3. The summed E-state index contributed by atoms with van der Waals surface area (Å²) in [5.74, 6) is 2.52. The Bertz CT molecular complexity index is 302. The zero-order chi connectivity index (χ0) is 10.7. The van der Waals surface area contributed by atoms with Crippen LogP contribution in [0, 0.1) is 0 Å². The van der Waals surface area contributed by atoms with Crippen molar-refractivity contribution in [1.82, 2.24) is 10.3 Å². The average molecular weight is 208 g/mol. The first kappa shape index (κ1) is 10.7. The van der Waals surface area contributed by atoms with Gasteiger partial charge in [0, 0.05) is 5.92 Å². The second kappa shape index (κ2) is 4.79. The Morgan fingerprint density at radius 1 is 1.40 bits per heavy atom. The van der Waals surface area contributed by atoms with E-state index >= 15 is 0 Å². The first-order valence-electron chi connectivity index (χ1n) is 5.94. The van der Waals surface area contributed by atoms with Crippen LogP contribution in [0.2, 0.25) is 0 Å². The van der Waals surface area contributed by atoms with Crippen molar-refractivity contribution in [1.29, 1.82) is 0 Å². The van der Waals surface area contributed by atoms with E-state index in [1.807, 2.05) is 13.2 Å². The van der Waals surface area contributed by atoms with Crippen LogP contribution in [0.3, 0.4) is 0 Å². The molecule has 3 nitrogen and oxygen atoms in total. The van der Waals surface area contributed by atoms with E-state index in [1.165, 1.54) is 32.1 Å². The molecule has 15 heavy (non-hydrogen) atoms. The van der Waals surface area contributed by atoms with Crippen LogP contribution in [-0.2, 0) is 0 Å². The van der Waals surface area contributed by atoms with Crippen LogP contribution < -0.4 is 5.32 Å². The van der Waals surface area contributed by atoms with Gasteiger partial charge in [0.1, 0.15) is 5.76 Å². The normalized spacial score (nSPS) is 20.4. The maximum absolute atomic E-state index is 5.80. The van der Waals surface area contributed by atoms with Crippen LogP contribution in [0.4, 0.5) is 0 Å². The second-order valence-corrected chi connectivity index (χ2v) is 4.45. The summed E-state index contributed by atoms with van der Waals surface area (Å²) in [6.45, 7) is 2.07. The van der Waals surface area contributed by atoms with Crippen molar-refractivity contribution in [3.63, 3.8) is 0 Å². The molecule has 1 heterocycles. The van der Waals surface area contributed by atoms with Gasteiger partial charge in [0.25, 0.3) is 0 Å². The Hall–Kier alpha value is -0.830. The SMILES string of the molecule is CNC(C)c1ncc(C2CCCCC2)o1. The first-order valence-corrected chi connectivity index (χ1v) is 5.94. The van der Waals surface area contributed by atoms with Crippen molar-refractivity contribution in [2.45, 2.75) is 51.0 Å². The number of nitrogens with zero attached hydrogens (tertiary/aromatic N) is 1. The van der Waals surface area contributed by atoms with Gasteiger partial charge in [0.05, 0.1) is 12.2 Å². The lowest BCUT2D eigenvalue weighted by Crippen LogP contribution is -2.12. The van der Waals surface area contributed by atoms with Crippen LogP contribution >= 0.6 is 0 Å². The predicted molar refractivity (Wildman–Crippen MR) is 59.8 cm³/mol. The lowest BCUT2D eigenvalue weighted by Gasteiger charge is -2.18. The Morgan fingerprint density at radius 3 is 2.80 bits per heavy atom. The fraction of sp³-hybridized carbons (Fsp3) is 0.750. The molecule has 1 atom stereocenters. The molecule has 1 N–H and O–H groups in total. The Labute approximate surface area is 91.3 Å². The van der Waals surface area contributed by atoms with Crippen molar-refractivity contribution in [2.24, 2.45) is 0 Å². The Kier molecular flexibility index (Phi) is 3.41. The van der Waals surface area contributed by atoms with Gasteiger partial charge in [-0.2, -0.15) is 0 Å². The largest absolute Gasteiger partial charge is 0.444 e. The van der Waals surface area contributed by atoms with Crippen LogP contribution in [0.5, 0.6) is 0 Å². The highest BCUT2D eigenvalue weighted by Crippen LogP contribution is 2.33. The smallest absolute Gasteiger partial charge is 0.211 e. The van der Waals surface area contributed by atoms with E-state index in [-0.39, 0.29) is 6.04 Å². The average Bonchev–Trinajstić information content (AvgIpc) is 2.78. The fourth-order valence-electron chi connectivity index (χ4n) is 2.20. The molecule has 2 rings (SSSR count). The molecule has 1 saturated carbocycles. The third kappa shape index (κ3) is 2.40. The highest BCUT2D eigenvalue weighted by atomic mass is 16.4. The zero-order valence-corrected chi connectivity index (χ0v) is 9.62.